The number of carbonyl (C=O) groups is 1. The molecule has 1 unspecified atom stereocenters. The first-order chi connectivity index (χ1) is 14.2. The number of hydrogen-bond donors (Lipinski definition) is 1. The van der Waals surface area contributed by atoms with Gasteiger partial charge in [0.1, 0.15) is 0 Å². The summed E-state index contributed by atoms with van der Waals surface area (Å²) in [7, 11) is 4.65. The van der Waals surface area contributed by atoms with Gasteiger partial charge in [-0.3, -0.25) is 5.32 Å². The molecule has 6 nitrogen and oxygen atoms in total. The number of carbonyl (C=O) groups excluding carboxylic acids is 1. The van der Waals surface area contributed by atoms with Crippen molar-refractivity contribution in [3.63, 3.8) is 0 Å². The maximum atomic E-state index is 12.3. The Morgan fingerprint density at radius 3 is 2.17 bits per heavy atom. The summed E-state index contributed by atoms with van der Waals surface area (Å²) >= 11 is 0. The number of rotatable bonds is 4. The van der Waals surface area contributed by atoms with E-state index in [-0.39, 0.29) is 0 Å². The zero-order valence-corrected chi connectivity index (χ0v) is 17.2. The van der Waals surface area contributed by atoms with Gasteiger partial charge in [-0.05, 0) is 17.5 Å². The summed E-state index contributed by atoms with van der Waals surface area (Å²) in [6, 6.07) is 15.5. The summed E-state index contributed by atoms with van der Waals surface area (Å²) in [6.07, 6.45) is -1.09. The van der Waals surface area contributed by atoms with Gasteiger partial charge in [0, 0.05) is 16.5 Å². The van der Waals surface area contributed by atoms with Gasteiger partial charge in [-0.2, -0.15) is 0 Å². The molecule has 1 N–H and O–H groups in total. The Hall–Kier alpha value is -3.41. The first-order valence-electron chi connectivity index (χ1n) is 9.45. The Balaban J connectivity index is 0.00000117. The number of ether oxygens (including phenoxy) is 4. The molecule has 0 aromatic heterocycles. The van der Waals surface area contributed by atoms with Crippen LogP contribution in [0.3, 0.4) is 0 Å². The van der Waals surface area contributed by atoms with Crippen LogP contribution in [0.25, 0.3) is 10.8 Å². The van der Waals surface area contributed by atoms with Gasteiger partial charge in [-0.15, -0.1) is 0 Å². The second-order valence-corrected chi connectivity index (χ2v) is 6.12. The van der Waals surface area contributed by atoms with E-state index in [1.165, 1.54) is 0 Å². The lowest BCUT2D eigenvalue weighted by Gasteiger charge is -2.28. The third-order valence-electron chi connectivity index (χ3n) is 4.69. The quantitative estimate of drug-likeness (QED) is 0.628. The number of cyclic esters (lactones) is 1. The van der Waals surface area contributed by atoms with Gasteiger partial charge < -0.3 is 18.9 Å². The molecule has 1 aliphatic heterocycles. The summed E-state index contributed by atoms with van der Waals surface area (Å²) in [5, 5.41) is 4.84. The lowest BCUT2D eigenvalue weighted by Crippen LogP contribution is -2.25. The topological polar surface area (TPSA) is 66.0 Å². The van der Waals surface area contributed by atoms with Crippen LogP contribution < -0.4 is 19.5 Å². The molecule has 1 heterocycles. The Kier molecular flexibility index (Phi) is 6.12. The summed E-state index contributed by atoms with van der Waals surface area (Å²) in [5.41, 5.74) is 2.35. The van der Waals surface area contributed by atoms with Crippen molar-refractivity contribution >= 4 is 22.6 Å². The van der Waals surface area contributed by atoms with Crippen molar-refractivity contribution < 1.29 is 23.7 Å². The third-order valence-corrected chi connectivity index (χ3v) is 4.69. The third kappa shape index (κ3) is 3.66. The van der Waals surface area contributed by atoms with E-state index in [9.17, 15) is 4.79 Å². The van der Waals surface area contributed by atoms with Crippen molar-refractivity contribution in [1.82, 2.24) is 0 Å². The number of benzene rings is 3. The minimum Gasteiger partial charge on any atom is -0.493 e. The molecule has 152 valence electrons. The largest absolute Gasteiger partial charge is 0.493 e. The number of nitrogens with one attached hydrogen (secondary N) is 1. The molecule has 1 amide bonds. The van der Waals surface area contributed by atoms with E-state index >= 15 is 0 Å². The van der Waals surface area contributed by atoms with Crippen LogP contribution in [-0.4, -0.2) is 27.4 Å². The molecule has 3 aromatic carbocycles. The van der Waals surface area contributed by atoms with Crippen molar-refractivity contribution in [3.8, 4) is 17.2 Å². The Bertz CT molecular complexity index is 1010. The van der Waals surface area contributed by atoms with Crippen LogP contribution in [0.15, 0.2) is 48.5 Å². The fourth-order valence-corrected chi connectivity index (χ4v) is 3.45. The van der Waals surface area contributed by atoms with Gasteiger partial charge in [0.2, 0.25) is 5.75 Å². The molecule has 29 heavy (non-hydrogen) atoms. The predicted molar refractivity (Wildman–Crippen MR) is 113 cm³/mol. The second kappa shape index (κ2) is 8.73. The Morgan fingerprint density at radius 2 is 1.55 bits per heavy atom. The average Bonchev–Trinajstić information content (AvgIpc) is 2.78. The normalized spacial score (nSPS) is 14.7. The summed E-state index contributed by atoms with van der Waals surface area (Å²) < 4.78 is 21.9. The maximum Gasteiger partial charge on any atom is 0.412 e. The monoisotopic (exact) mass is 395 g/mol. The highest BCUT2D eigenvalue weighted by Crippen LogP contribution is 2.45. The van der Waals surface area contributed by atoms with E-state index in [0.717, 1.165) is 27.6 Å². The molecule has 6 heteroatoms. The van der Waals surface area contributed by atoms with Crippen LogP contribution in [0.5, 0.6) is 17.2 Å². The number of fused-ring (bicyclic) bond motifs is 3. The molecule has 4 rings (SSSR count). The minimum atomic E-state index is -0.591. The van der Waals surface area contributed by atoms with Gasteiger partial charge in [-0.1, -0.05) is 50.2 Å². The fraction of sp³-hybridized carbons (Fsp3) is 0.261. The number of methoxy groups -OCH3 is 3. The summed E-state index contributed by atoms with van der Waals surface area (Å²) in [4.78, 5) is 12.3. The highest BCUT2D eigenvalue weighted by atomic mass is 16.6. The van der Waals surface area contributed by atoms with Crippen LogP contribution >= 0.6 is 0 Å². The SMILES string of the molecule is CC.COc1cc(C2OC(=O)Nc3c2ccc2ccccc32)cc(OC)c1OC. The zero-order valence-electron chi connectivity index (χ0n) is 17.2. The van der Waals surface area contributed by atoms with Gasteiger partial charge in [0.05, 0.1) is 27.0 Å². The first-order valence-corrected chi connectivity index (χ1v) is 9.45. The van der Waals surface area contributed by atoms with Crippen LogP contribution in [0.1, 0.15) is 31.1 Å². The molecule has 0 radical (unpaired) electrons. The molecule has 1 aliphatic rings. The molecule has 0 aliphatic carbocycles. The zero-order chi connectivity index (χ0) is 21.0. The Labute approximate surface area is 170 Å². The number of hydrogen-bond acceptors (Lipinski definition) is 5. The first kappa shape index (κ1) is 20.3. The average molecular weight is 395 g/mol. The molecular weight excluding hydrogens is 370 g/mol. The molecule has 0 fully saturated rings. The van der Waals surface area contributed by atoms with Gasteiger partial charge in [0.25, 0.3) is 0 Å². The van der Waals surface area contributed by atoms with Crippen molar-refractivity contribution in [3.05, 3.63) is 59.7 Å². The number of amides is 1. The standard InChI is InChI=1S/C21H19NO5.C2H6/c1-24-16-10-13(11-17(25-2)20(16)26-3)19-15-9-8-12-6-4-5-7-14(12)18(15)22-21(23)27-19;1-2/h4-11,19H,1-3H3,(H,22,23);1-2H3. The van der Waals surface area contributed by atoms with E-state index in [0.29, 0.717) is 17.2 Å². The van der Waals surface area contributed by atoms with Crippen LogP contribution in [0.2, 0.25) is 0 Å². The van der Waals surface area contributed by atoms with Gasteiger partial charge >= 0.3 is 6.09 Å². The molecular formula is C23H25NO5. The minimum absolute atomic E-state index is 0.489. The highest BCUT2D eigenvalue weighted by molar-refractivity contribution is 6.03. The lowest BCUT2D eigenvalue weighted by atomic mass is 9.94. The van der Waals surface area contributed by atoms with Crippen LogP contribution in [0, 0.1) is 0 Å². The molecule has 0 saturated carbocycles. The van der Waals surface area contributed by atoms with E-state index in [1.807, 2.05) is 50.2 Å². The number of anilines is 1. The van der Waals surface area contributed by atoms with E-state index in [1.54, 1.807) is 33.5 Å². The van der Waals surface area contributed by atoms with Crippen molar-refractivity contribution in [2.75, 3.05) is 26.6 Å². The highest BCUT2D eigenvalue weighted by Gasteiger charge is 2.30. The van der Waals surface area contributed by atoms with Crippen LogP contribution in [0.4, 0.5) is 10.5 Å². The van der Waals surface area contributed by atoms with Gasteiger partial charge in [0.15, 0.2) is 17.6 Å². The second-order valence-electron chi connectivity index (χ2n) is 6.12. The Morgan fingerprint density at radius 1 is 0.897 bits per heavy atom. The van der Waals surface area contributed by atoms with Crippen molar-refractivity contribution in [2.24, 2.45) is 0 Å². The molecule has 3 aromatic rings. The van der Waals surface area contributed by atoms with Crippen molar-refractivity contribution in [1.29, 1.82) is 0 Å². The lowest BCUT2D eigenvalue weighted by molar-refractivity contribution is 0.126. The maximum absolute atomic E-state index is 12.3. The van der Waals surface area contributed by atoms with E-state index < -0.39 is 12.2 Å². The fourth-order valence-electron chi connectivity index (χ4n) is 3.45. The smallest absolute Gasteiger partial charge is 0.412 e. The summed E-state index contributed by atoms with van der Waals surface area (Å²) in [5.74, 6) is 1.50. The van der Waals surface area contributed by atoms with E-state index in [4.69, 9.17) is 18.9 Å². The molecule has 1 atom stereocenters. The van der Waals surface area contributed by atoms with Gasteiger partial charge in [-0.25, -0.2) is 4.79 Å². The van der Waals surface area contributed by atoms with Crippen molar-refractivity contribution in [2.45, 2.75) is 20.0 Å². The predicted octanol–water partition coefficient (Wildman–Crippen LogP) is 5.54. The summed E-state index contributed by atoms with van der Waals surface area (Å²) in [6.45, 7) is 4.00. The van der Waals surface area contributed by atoms with E-state index in [2.05, 4.69) is 5.32 Å². The van der Waals surface area contributed by atoms with Crippen LogP contribution in [-0.2, 0) is 4.74 Å². The molecule has 0 bridgehead atoms. The molecule has 0 saturated heterocycles. The molecule has 0 spiro atoms.